The molecule has 1 fully saturated rings. The fraction of sp³-hybridized carbons (Fsp3) is 0.400. The highest BCUT2D eigenvalue weighted by Crippen LogP contribution is 2.32. The molecule has 0 bridgehead atoms. The number of hydrogen-bond acceptors (Lipinski definition) is 5. The van der Waals surface area contributed by atoms with Gasteiger partial charge in [0.1, 0.15) is 23.6 Å². The summed E-state index contributed by atoms with van der Waals surface area (Å²) in [4.78, 5) is 34.0. The molecule has 1 heterocycles. The fourth-order valence-electron chi connectivity index (χ4n) is 5.01. The summed E-state index contributed by atoms with van der Waals surface area (Å²) < 4.78 is 11.1. The number of carbonyl (C=O) groups excluding carboxylic acids is 2. The van der Waals surface area contributed by atoms with Gasteiger partial charge in [-0.15, -0.1) is 11.3 Å². The van der Waals surface area contributed by atoms with Gasteiger partial charge in [-0.3, -0.25) is 9.59 Å². The predicted molar refractivity (Wildman–Crippen MR) is 147 cm³/mol. The monoisotopic (exact) mass is 520 g/mol. The number of benzene rings is 2. The van der Waals surface area contributed by atoms with Crippen molar-refractivity contribution in [2.24, 2.45) is 0 Å². The molecule has 0 saturated heterocycles. The molecule has 0 radical (unpaired) electrons. The van der Waals surface area contributed by atoms with Crippen molar-refractivity contribution in [1.82, 2.24) is 9.80 Å². The number of aryl methyl sites for hydroxylation is 1. The molecular formula is C30H36N2O4S. The predicted octanol–water partition coefficient (Wildman–Crippen LogP) is 6.08. The van der Waals surface area contributed by atoms with Crippen LogP contribution in [0.15, 0.2) is 60.7 Å². The minimum Gasteiger partial charge on any atom is -0.496 e. The van der Waals surface area contributed by atoms with Crippen molar-refractivity contribution in [2.45, 2.75) is 58.2 Å². The Labute approximate surface area is 223 Å². The molecule has 3 aromatic rings. The molecule has 0 atom stereocenters. The molecule has 1 saturated carbocycles. The summed E-state index contributed by atoms with van der Waals surface area (Å²) in [6, 6.07) is 19.5. The third-order valence-electron chi connectivity index (χ3n) is 6.94. The van der Waals surface area contributed by atoms with E-state index in [9.17, 15) is 9.59 Å². The first-order valence-electron chi connectivity index (χ1n) is 12.9. The Morgan fingerprint density at radius 2 is 1.54 bits per heavy atom. The van der Waals surface area contributed by atoms with Crippen LogP contribution in [0.5, 0.6) is 11.5 Å². The van der Waals surface area contributed by atoms with Gasteiger partial charge >= 0.3 is 0 Å². The fourth-order valence-corrected chi connectivity index (χ4v) is 5.91. The van der Waals surface area contributed by atoms with Gasteiger partial charge in [0, 0.05) is 22.3 Å². The molecular weight excluding hydrogens is 484 g/mol. The molecule has 0 spiro atoms. The highest BCUT2D eigenvalue weighted by molar-refractivity contribution is 7.11. The summed E-state index contributed by atoms with van der Waals surface area (Å²) in [5.74, 6) is 0.615. The summed E-state index contributed by atoms with van der Waals surface area (Å²) in [7, 11) is 3.10. The van der Waals surface area contributed by atoms with Crippen LogP contribution < -0.4 is 9.47 Å². The first kappa shape index (κ1) is 26.7. The van der Waals surface area contributed by atoms with E-state index in [-0.39, 0.29) is 24.4 Å². The van der Waals surface area contributed by atoms with E-state index in [1.54, 1.807) is 48.7 Å². The van der Waals surface area contributed by atoms with Crippen LogP contribution in [0.1, 0.15) is 57.8 Å². The van der Waals surface area contributed by atoms with Crippen LogP contribution in [0.25, 0.3) is 0 Å². The van der Waals surface area contributed by atoms with Crippen molar-refractivity contribution in [1.29, 1.82) is 0 Å². The number of thiophene rings is 1. The van der Waals surface area contributed by atoms with Gasteiger partial charge in [-0.1, -0.05) is 55.7 Å². The molecule has 2 aromatic carbocycles. The molecule has 0 unspecified atom stereocenters. The lowest BCUT2D eigenvalue weighted by Gasteiger charge is -2.36. The first-order valence-corrected chi connectivity index (χ1v) is 13.7. The topological polar surface area (TPSA) is 59.1 Å². The molecule has 1 aliphatic carbocycles. The van der Waals surface area contributed by atoms with Gasteiger partial charge < -0.3 is 19.3 Å². The molecule has 196 valence electrons. The third-order valence-corrected chi connectivity index (χ3v) is 7.92. The van der Waals surface area contributed by atoms with E-state index in [0.29, 0.717) is 30.2 Å². The van der Waals surface area contributed by atoms with Crippen LogP contribution in [-0.4, -0.2) is 48.4 Å². The third kappa shape index (κ3) is 6.72. The molecule has 1 aliphatic rings. The van der Waals surface area contributed by atoms with E-state index in [1.165, 1.54) is 4.88 Å². The van der Waals surface area contributed by atoms with Gasteiger partial charge in [-0.2, -0.15) is 0 Å². The van der Waals surface area contributed by atoms with E-state index in [4.69, 9.17) is 9.47 Å². The molecule has 4 rings (SSSR count). The van der Waals surface area contributed by atoms with Crippen LogP contribution in [0.2, 0.25) is 0 Å². The van der Waals surface area contributed by atoms with Crippen molar-refractivity contribution in [3.05, 3.63) is 81.5 Å². The molecule has 0 N–H and O–H groups in total. The zero-order valence-corrected chi connectivity index (χ0v) is 22.8. The van der Waals surface area contributed by atoms with Crippen LogP contribution in [0.4, 0.5) is 0 Å². The maximum atomic E-state index is 14.1. The SMILES string of the molecule is COc1cccc(OC)c1C(=O)N(CC(=O)N(Cc1ccccc1)Cc1ccc(C)s1)C1CCCCC1. The molecule has 37 heavy (non-hydrogen) atoms. The van der Waals surface area contributed by atoms with Gasteiger partial charge in [-0.25, -0.2) is 0 Å². The van der Waals surface area contributed by atoms with E-state index in [2.05, 4.69) is 19.1 Å². The number of amides is 2. The smallest absolute Gasteiger partial charge is 0.262 e. The second-order valence-electron chi connectivity index (χ2n) is 9.51. The van der Waals surface area contributed by atoms with Gasteiger partial charge in [-0.05, 0) is 49.6 Å². The first-order chi connectivity index (χ1) is 18.0. The maximum absolute atomic E-state index is 14.1. The highest BCUT2D eigenvalue weighted by Gasteiger charge is 2.33. The minimum atomic E-state index is -0.221. The van der Waals surface area contributed by atoms with Gasteiger partial charge in [0.2, 0.25) is 5.91 Å². The number of ether oxygens (including phenoxy) is 2. The van der Waals surface area contributed by atoms with Crippen LogP contribution in [0, 0.1) is 6.92 Å². The molecule has 1 aromatic heterocycles. The number of methoxy groups -OCH3 is 2. The quantitative estimate of drug-likeness (QED) is 0.325. The van der Waals surface area contributed by atoms with Crippen molar-refractivity contribution in [3.63, 3.8) is 0 Å². The normalized spacial score (nSPS) is 13.7. The molecule has 0 aliphatic heterocycles. The lowest BCUT2D eigenvalue weighted by molar-refractivity contribution is -0.133. The lowest BCUT2D eigenvalue weighted by atomic mass is 9.93. The van der Waals surface area contributed by atoms with Crippen molar-refractivity contribution >= 4 is 23.2 Å². The van der Waals surface area contributed by atoms with E-state index >= 15 is 0 Å². The molecule has 2 amide bonds. The zero-order valence-electron chi connectivity index (χ0n) is 21.9. The molecule has 6 nitrogen and oxygen atoms in total. The Morgan fingerprint density at radius 1 is 0.865 bits per heavy atom. The number of hydrogen-bond donors (Lipinski definition) is 0. The van der Waals surface area contributed by atoms with Crippen LogP contribution >= 0.6 is 11.3 Å². The minimum absolute atomic E-state index is 0.00220. The van der Waals surface area contributed by atoms with Gasteiger partial charge in [0.15, 0.2) is 0 Å². The number of nitrogens with zero attached hydrogens (tertiary/aromatic N) is 2. The number of rotatable bonds is 10. The Bertz CT molecular complexity index is 1170. The van der Waals surface area contributed by atoms with Crippen LogP contribution in [0.3, 0.4) is 0 Å². The van der Waals surface area contributed by atoms with Crippen molar-refractivity contribution in [3.8, 4) is 11.5 Å². The van der Waals surface area contributed by atoms with E-state index in [1.807, 2.05) is 35.2 Å². The second-order valence-corrected chi connectivity index (χ2v) is 10.9. The Balaban J connectivity index is 1.64. The second kappa shape index (κ2) is 12.8. The summed E-state index contributed by atoms with van der Waals surface area (Å²) in [5, 5.41) is 0. The average Bonchev–Trinajstić information content (AvgIpc) is 3.35. The van der Waals surface area contributed by atoms with E-state index < -0.39 is 0 Å². The van der Waals surface area contributed by atoms with Crippen LogP contribution in [-0.2, 0) is 17.9 Å². The lowest BCUT2D eigenvalue weighted by Crippen LogP contribution is -2.48. The number of carbonyl (C=O) groups is 2. The van der Waals surface area contributed by atoms with Crippen molar-refractivity contribution < 1.29 is 19.1 Å². The highest BCUT2D eigenvalue weighted by atomic mass is 32.1. The summed E-state index contributed by atoms with van der Waals surface area (Å²) >= 11 is 1.70. The van der Waals surface area contributed by atoms with Crippen molar-refractivity contribution in [2.75, 3.05) is 20.8 Å². The summed E-state index contributed by atoms with van der Waals surface area (Å²) in [6.07, 6.45) is 5.03. The average molecular weight is 521 g/mol. The zero-order chi connectivity index (χ0) is 26.2. The Kier molecular flexibility index (Phi) is 9.23. The molecule has 7 heteroatoms. The Hall–Kier alpha value is -3.32. The largest absolute Gasteiger partial charge is 0.496 e. The summed E-state index contributed by atoms with van der Waals surface area (Å²) in [6.45, 7) is 3.09. The Morgan fingerprint density at radius 3 is 2.14 bits per heavy atom. The van der Waals surface area contributed by atoms with Gasteiger partial charge in [0.05, 0.1) is 20.8 Å². The van der Waals surface area contributed by atoms with Gasteiger partial charge in [0.25, 0.3) is 5.91 Å². The van der Waals surface area contributed by atoms with E-state index in [0.717, 1.165) is 42.5 Å². The standard InChI is InChI=1S/C30H36N2O4S/c1-22-17-18-25(37-22)20-31(19-23-11-6-4-7-12-23)28(33)21-32(24-13-8-5-9-14-24)30(34)29-26(35-2)15-10-16-27(29)36-3/h4,6-7,10-12,15-18,24H,5,8-9,13-14,19-21H2,1-3H3. The summed E-state index contributed by atoms with van der Waals surface area (Å²) in [5.41, 5.74) is 1.43. The maximum Gasteiger partial charge on any atom is 0.262 e.